The van der Waals surface area contributed by atoms with Crippen LogP contribution in [0.25, 0.3) is 0 Å². The number of thiol groups is 1. The Bertz CT molecular complexity index is 617. The molecule has 2 aromatic rings. The van der Waals surface area contributed by atoms with Crippen molar-refractivity contribution in [3.63, 3.8) is 0 Å². The minimum atomic E-state index is -0.857. The fraction of sp³-hybridized carbons (Fsp3) is 0.235. The number of hydrogen-bond donors (Lipinski definition) is 3. The van der Waals surface area contributed by atoms with E-state index in [4.69, 9.17) is 0 Å². The lowest BCUT2D eigenvalue weighted by molar-refractivity contribution is -0.137. The van der Waals surface area contributed by atoms with Crippen molar-refractivity contribution in [2.45, 2.75) is 31.2 Å². The molecule has 1 unspecified atom stereocenters. The highest BCUT2D eigenvalue weighted by Gasteiger charge is 2.18. The Labute approximate surface area is 130 Å². The molecular formula is C17H19NO2S. The molecule has 0 radical (unpaired) electrons. The lowest BCUT2D eigenvalue weighted by Crippen LogP contribution is -2.31. The number of carbonyl (C=O) groups is 1. The molecule has 0 saturated heterocycles. The maximum Gasteiger partial charge on any atom is 0.326 e. The average Bonchev–Trinajstić information content (AvgIpc) is 2.45. The van der Waals surface area contributed by atoms with Gasteiger partial charge in [0, 0.05) is 17.0 Å². The van der Waals surface area contributed by atoms with Crippen LogP contribution in [-0.2, 0) is 11.2 Å². The Kier molecular flexibility index (Phi) is 4.91. The van der Waals surface area contributed by atoms with Crippen molar-refractivity contribution < 1.29 is 9.90 Å². The summed E-state index contributed by atoms with van der Waals surface area (Å²) in [5.74, 6) is -0.857. The van der Waals surface area contributed by atoms with E-state index in [0.29, 0.717) is 6.42 Å². The summed E-state index contributed by atoms with van der Waals surface area (Å²) in [6.45, 7) is 3.93. The van der Waals surface area contributed by atoms with Gasteiger partial charge in [-0.05, 0) is 42.7 Å². The third-order valence-corrected chi connectivity index (χ3v) is 4.12. The standard InChI is InChI=1S/C17H19NO2S/c1-11-8-14(9-12(2)16(11)21)18-15(17(19)20)10-13-6-4-3-5-7-13/h3-9,15,18,21H,10H2,1-2H3,(H,19,20). The molecule has 4 heteroatoms. The van der Waals surface area contributed by atoms with Gasteiger partial charge in [-0.1, -0.05) is 30.3 Å². The molecule has 2 aromatic carbocycles. The van der Waals surface area contributed by atoms with Crippen LogP contribution in [-0.4, -0.2) is 17.1 Å². The van der Waals surface area contributed by atoms with Gasteiger partial charge in [0.2, 0.25) is 0 Å². The van der Waals surface area contributed by atoms with Crippen LogP contribution in [0.4, 0.5) is 5.69 Å². The van der Waals surface area contributed by atoms with E-state index in [9.17, 15) is 9.90 Å². The van der Waals surface area contributed by atoms with Crippen LogP contribution in [0, 0.1) is 13.8 Å². The van der Waals surface area contributed by atoms with Crippen molar-refractivity contribution in [1.82, 2.24) is 0 Å². The second kappa shape index (κ2) is 6.68. The van der Waals surface area contributed by atoms with Crippen LogP contribution in [0.2, 0.25) is 0 Å². The molecule has 0 aromatic heterocycles. The van der Waals surface area contributed by atoms with Crippen molar-refractivity contribution in [3.05, 3.63) is 59.2 Å². The number of benzene rings is 2. The summed E-state index contributed by atoms with van der Waals surface area (Å²) < 4.78 is 0. The Hall–Kier alpha value is -1.94. The molecule has 0 heterocycles. The topological polar surface area (TPSA) is 49.3 Å². The zero-order valence-electron chi connectivity index (χ0n) is 12.1. The molecule has 0 saturated carbocycles. The first-order chi connectivity index (χ1) is 9.97. The number of nitrogens with one attached hydrogen (secondary N) is 1. The summed E-state index contributed by atoms with van der Waals surface area (Å²) in [5, 5.41) is 12.5. The third kappa shape index (κ3) is 4.02. The van der Waals surface area contributed by atoms with E-state index in [1.807, 2.05) is 56.3 Å². The molecule has 0 amide bonds. The van der Waals surface area contributed by atoms with E-state index in [-0.39, 0.29) is 0 Å². The molecule has 0 bridgehead atoms. The van der Waals surface area contributed by atoms with Crippen molar-refractivity contribution in [3.8, 4) is 0 Å². The maximum absolute atomic E-state index is 11.5. The third-order valence-electron chi connectivity index (χ3n) is 3.41. The lowest BCUT2D eigenvalue weighted by Gasteiger charge is -2.17. The van der Waals surface area contributed by atoms with Gasteiger partial charge in [-0.3, -0.25) is 0 Å². The summed E-state index contributed by atoms with van der Waals surface area (Å²) in [5.41, 5.74) is 3.87. The highest BCUT2D eigenvalue weighted by Crippen LogP contribution is 2.23. The Morgan fingerprint density at radius 3 is 2.29 bits per heavy atom. The predicted molar refractivity (Wildman–Crippen MR) is 88.4 cm³/mol. The molecule has 2 rings (SSSR count). The van der Waals surface area contributed by atoms with Crippen LogP contribution in [0.3, 0.4) is 0 Å². The summed E-state index contributed by atoms with van der Waals surface area (Å²) in [6.07, 6.45) is 0.441. The van der Waals surface area contributed by atoms with Gasteiger partial charge in [-0.2, -0.15) is 0 Å². The number of rotatable bonds is 5. The van der Waals surface area contributed by atoms with Crippen LogP contribution in [0.1, 0.15) is 16.7 Å². The molecule has 110 valence electrons. The lowest BCUT2D eigenvalue weighted by atomic mass is 10.0. The highest BCUT2D eigenvalue weighted by molar-refractivity contribution is 7.80. The first-order valence-electron chi connectivity index (χ1n) is 6.81. The number of aryl methyl sites for hydroxylation is 2. The highest BCUT2D eigenvalue weighted by atomic mass is 32.1. The van der Waals surface area contributed by atoms with Gasteiger partial charge < -0.3 is 10.4 Å². The Balaban J connectivity index is 2.19. The van der Waals surface area contributed by atoms with Crippen molar-refractivity contribution >= 4 is 24.3 Å². The molecule has 0 aliphatic rings. The largest absolute Gasteiger partial charge is 0.480 e. The molecule has 0 aliphatic heterocycles. The zero-order valence-corrected chi connectivity index (χ0v) is 13.0. The number of hydrogen-bond acceptors (Lipinski definition) is 3. The summed E-state index contributed by atoms with van der Waals surface area (Å²) in [7, 11) is 0. The molecule has 21 heavy (non-hydrogen) atoms. The fourth-order valence-corrected chi connectivity index (χ4v) is 2.42. The molecule has 0 aliphatic carbocycles. The van der Waals surface area contributed by atoms with Crippen LogP contribution in [0.5, 0.6) is 0 Å². The van der Waals surface area contributed by atoms with Crippen LogP contribution < -0.4 is 5.32 Å². The second-order valence-corrected chi connectivity index (χ2v) is 5.63. The minimum Gasteiger partial charge on any atom is -0.480 e. The van der Waals surface area contributed by atoms with Gasteiger partial charge in [-0.25, -0.2) is 4.79 Å². The number of carboxylic acids is 1. The van der Waals surface area contributed by atoms with Gasteiger partial charge in [0.25, 0.3) is 0 Å². The Morgan fingerprint density at radius 2 is 1.76 bits per heavy atom. The van der Waals surface area contributed by atoms with E-state index in [1.54, 1.807) is 0 Å². The van der Waals surface area contributed by atoms with Crippen molar-refractivity contribution in [2.75, 3.05) is 5.32 Å². The van der Waals surface area contributed by atoms with Gasteiger partial charge in [0.1, 0.15) is 6.04 Å². The Morgan fingerprint density at radius 1 is 1.19 bits per heavy atom. The molecule has 1 atom stereocenters. The van der Waals surface area contributed by atoms with Gasteiger partial charge in [-0.15, -0.1) is 12.6 Å². The zero-order chi connectivity index (χ0) is 15.4. The average molecular weight is 301 g/mol. The first kappa shape index (κ1) is 15.4. The minimum absolute atomic E-state index is 0.441. The number of anilines is 1. The van der Waals surface area contributed by atoms with Crippen LogP contribution in [0.15, 0.2) is 47.4 Å². The van der Waals surface area contributed by atoms with E-state index in [2.05, 4.69) is 17.9 Å². The molecule has 0 spiro atoms. The fourth-order valence-electron chi connectivity index (χ4n) is 2.29. The predicted octanol–water partition coefficient (Wildman–Crippen LogP) is 3.70. The normalized spacial score (nSPS) is 12.0. The van der Waals surface area contributed by atoms with Crippen molar-refractivity contribution in [2.24, 2.45) is 0 Å². The van der Waals surface area contributed by atoms with Gasteiger partial charge >= 0.3 is 5.97 Å². The first-order valence-corrected chi connectivity index (χ1v) is 7.25. The monoisotopic (exact) mass is 301 g/mol. The smallest absolute Gasteiger partial charge is 0.326 e. The van der Waals surface area contributed by atoms with E-state index in [1.165, 1.54) is 0 Å². The quantitative estimate of drug-likeness (QED) is 0.738. The van der Waals surface area contributed by atoms with Crippen molar-refractivity contribution in [1.29, 1.82) is 0 Å². The molecular weight excluding hydrogens is 282 g/mol. The molecule has 0 fully saturated rings. The van der Waals surface area contributed by atoms with Gasteiger partial charge in [0.05, 0.1) is 0 Å². The summed E-state index contributed by atoms with van der Waals surface area (Å²) in [6, 6.07) is 12.8. The maximum atomic E-state index is 11.5. The van der Waals surface area contributed by atoms with Crippen LogP contribution >= 0.6 is 12.6 Å². The number of aliphatic carboxylic acids is 1. The molecule has 3 nitrogen and oxygen atoms in total. The molecule has 2 N–H and O–H groups in total. The summed E-state index contributed by atoms with van der Waals surface area (Å²) >= 11 is 4.43. The summed E-state index contributed by atoms with van der Waals surface area (Å²) in [4.78, 5) is 12.4. The number of carboxylic acid groups (broad SMARTS) is 1. The van der Waals surface area contributed by atoms with E-state index >= 15 is 0 Å². The van der Waals surface area contributed by atoms with E-state index < -0.39 is 12.0 Å². The van der Waals surface area contributed by atoms with E-state index in [0.717, 1.165) is 27.3 Å². The van der Waals surface area contributed by atoms with Gasteiger partial charge in [0.15, 0.2) is 0 Å². The SMILES string of the molecule is Cc1cc(NC(Cc2ccccc2)C(=O)O)cc(C)c1S. The second-order valence-electron chi connectivity index (χ2n) is 5.18.